The Bertz CT molecular complexity index is 428. The second kappa shape index (κ2) is 4.88. The van der Waals surface area contributed by atoms with Gasteiger partial charge in [0.15, 0.2) is 0 Å². The van der Waals surface area contributed by atoms with Crippen molar-refractivity contribution in [3.8, 4) is 0 Å². The molecular weight excluding hydrogens is 214 g/mol. The van der Waals surface area contributed by atoms with Crippen molar-refractivity contribution >= 4 is 5.91 Å². The number of nitrogens with zero attached hydrogens (tertiary/aromatic N) is 1. The van der Waals surface area contributed by atoms with Crippen molar-refractivity contribution in [1.29, 1.82) is 0 Å². The minimum atomic E-state index is 0.118. The monoisotopic (exact) mass is 233 g/mol. The summed E-state index contributed by atoms with van der Waals surface area (Å²) in [6.45, 7) is 5.60. The van der Waals surface area contributed by atoms with Crippen molar-refractivity contribution < 1.29 is 9.53 Å². The lowest BCUT2D eigenvalue weighted by Gasteiger charge is -2.16. The van der Waals surface area contributed by atoms with E-state index in [1.807, 2.05) is 30.0 Å². The Morgan fingerprint density at radius 2 is 2.12 bits per heavy atom. The smallest absolute Gasteiger partial charge is 0.253 e. The number of likely N-dealkylation sites (tertiary alicyclic amines) is 1. The maximum atomic E-state index is 12.2. The van der Waals surface area contributed by atoms with Crippen LogP contribution in [0.3, 0.4) is 0 Å². The van der Waals surface area contributed by atoms with Crippen molar-refractivity contribution in [2.24, 2.45) is 0 Å². The maximum Gasteiger partial charge on any atom is 0.253 e. The van der Waals surface area contributed by atoms with Crippen molar-refractivity contribution in [3.05, 3.63) is 34.9 Å². The number of amides is 1. The van der Waals surface area contributed by atoms with Gasteiger partial charge < -0.3 is 9.64 Å². The number of methoxy groups -OCH3 is 1. The van der Waals surface area contributed by atoms with Gasteiger partial charge in [0, 0.05) is 25.8 Å². The summed E-state index contributed by atoms with van der Waals surface area (Å²) in [5.41, 5.74) is 3.17. The zero-order valence-electron chi connectivity index (χ0n) is 10.7. The van der Waals surface area contributed by atoms with Crippen molar-refractivity contribution in [1.82, 2.24) is 4.90 Å². The van der Waals surface area contributed by atoms with Crippen LogP contribution in [0.25, 0.3) is 0 Å². The van der Waals surface area contributed by atoms with E-state index in [9.17, 15) is 4.79 Å². The molecule has 1 aromatic rings. The molecule has 0 radical (unpaired) electrons. The van der Waals surface area contributed by atoms with Crippen LogP contribution in [0.4, 0.5) is 0 Å². The predicted molar refractivity (Wildman–Crippen MR) is 67.2 cm³/mol. The van der Waals surface area contributed by atoms with Crippen LogP contribution in [0, 0.1) is 13.8 Å². The summed E-state index contributed by atoms with van der Waals surface area (Å²) < 4.78 is 5.28. The molecule has 1 aromatic carbocycles. The Labute approximate surface area is 102 Å². The third-order valence-electron chi connectivity index (χ3n) is 3.52. The molecule has 3 heteroatoms. The molecule has 0 saturated carbocycles. The molecule has 1 aliphatic heterocycles. The van der Waals surface area contributed by atoms with Crippen LogP contribution in [0.5, 0.6) is 0 Å². The summed E-state index contributed by atoms with van der Waals surface area (Å²) in [6, 6.07) is 5.88. The quantitative estimate of drug-likeness (QED) is 0.783. The zero-order valence-corrected chi connectivity index (χ0v) is 10.7. The van der Waals surface area contributed by atoms with Gasteiger partial charge in [-0.05, 0) is 43.5 Å². The largest absolute Gasteiger partial charge is 0.380 e. The molecule has 0 N–H and O–H groups in total. The summed E-state index contributed by atoms with van der Waals surface area (Å²) in [5, 5.41) is 0. The van der Waals surface area contributed by atoms with Gasteiger partial charge in [0.25, 0.3) is 5.91 Å². The molecule has 1 saturated heterocycles. The average molecular weight is 233 g/mol. The molecule has 2 rings (SSSR count). The van der Waals surface area contributed by atoms with E-state index in [1.54, 1.807) is 7.11 Å². The first-order valence-corrected chi connectivity index (χ1v) is 6.01. The number of carbonyl (C=O) groups is 1. The molecule has 0 bridgehead atoms. The second-order valence-corrected chi connectivity index (χ2v) is 4.70. The highest BCUT2D eigenvalue weighted by Crippen LogP contribution is 2.17. The summed E-state index contributed by atoms with van der Waals surface area (Å²) in [7, 11) is 1.70. The number of ether oxygens (including phenoxy) is 1. The highest BCUT2D eigenvalue weighted by Gasteiger charge is 2.26. The Kier molecular flexibility index (Phi) is 3.48. The van der Waals surface area contributed by atoms with E-state index in [2.05, 4.69) is 6.92 Å². The topological polar surface area (TPSA) is 29.5 Å². The highest BCUT2D eigenvalue weighted by molar-refractivity contribution is 5.94. The Balaban J connectivity index is 2.12. The third kappa shape index (κ3) is 2.50. The number of carbonyl (C=O) groups excluding carboxylic acids is 1. The van der Waals surface area contributed by atoms with Crippen molar-refractivity contribution in [3.63, 3.8) is 0 Å². The lowest BCUT2D eigenvalue weighted by molar-refractivity contribution is 0.0724. The van der Waals surface area contributed by atoms with Gasteiger partial charge in [0.05, 0.1) is 6.10 Å². The first-order chi connectivity index (χ1) is 8.11. The SMILES string of the molecule is COC1CCN(C(=O)c2ccc(C)c(C)c2)C1. The fourth-order valence-corrected chi connectivity index (χ4v) is 2.16. The number of aryl methyl sites for hydroxylation is 2. The molecule has 1 heterocycles. The van der Waals surface area contributed by atoms with Crippen LogP contribution in [0.2, 0.25) is 0 Å². The zero-order chi connectivity index (χ0) is 12.4. The fraction of sp³-hybridized carbons (Fsp3) is 0.500. The van der Waals surface area contributed by atoms with E-state index < -0.39 is 0 Å². The number of rotatable bonds is 2. The van der Waals surface area contributed by atoms with Crippen LogP contribution in [0.15, 0.2) is 18.2 Å². The van der Waals surface area contributed by atoms with Gasteiger partial charge in [0.1, 0.15) is 0 Å². The highest BCUT2D eigenvalue weighted by atomic mass is 16.5. The Hall–Kier alpha value is -1.35. The molecule has 1 atom stereocenters. The van der Waals surface area contributed by atoms with Crippen LogP contribution in [0.1, 0.15) is 27.9 Å². The fourth-order valence-electron chi connectivity index (χ4n) is 2.16. The third-order valence-corrected chi connectivity index (χ3v) is 3.52. The summed E-state index contributed by atoms with van der Waals surface area (Å²) >= 11 is 0. The Morgan fingerprint density at radius 1 is 1.35 bits per heavy atom. The van der Waals surface area contributed by atoms with Gasteiger partial charge in [-0.15, -0.1) is 0 Å². The van der Waals surface area contributed by atoms with Crippen LogP contribution < -0.4 is 0 Å². The van der Waals surface area contributed by atoms with E-state index in [0.29, 0.717) is 6.54 Å². The second-order valence-electron chi connectivity index (χ2n) is 4.70. The van der Waals surface area contributed by atoms with Crippen LogP contribution in [-0.2, 0) is 4.74 Å². The summed E-state index contributed by atoms with van der Waals surface area (Å²) in [6.07, 6.45) is 1.14. The van der Waals surface area contributed by atoms with Gasteiger partial charge in [-0.25, -0.2) is 0 Å². The van der Waals surface area contributed by atoms with Gasteiger partial charge in [-0.3, -0.25) is 4.79 Å². The van der Waals surface area contributed by atoms with Crippen molar-refractivity contribution in [2.75, 3.05) is 20.2 Å². The molecule has 92 valence electrons. The van der Waals surface area contributed by atoms with Gasteiger partial charge in [0.2, 0.25) is 0 Å². The van der Waals surface area contributed by atoms with Crippen LogP contribution >= 0.6 is 0 Å². The number of hydrogen-bond donors (Lipinski definition) is 0. The van der Waals surface area contributed by atoms with Gasteiger partial charge in [-0.1, -0.05) is 6.07 Å². The predicted octanol–water partition coefficient (Wildman–Crippen LogP) is 2.16. The molecular formula is C14H19NO2. The van der Waals surface area contributed by atoms with Gasteiger partial charge in [-0.2, -0.15) is 0 Å². The molecule has 3 nitrogen and oxygen atoms in total. The number of benzene rings is 1. The minimum Gasteiger partial charge on any atom is -0.380 e. The van der Waals surface area contributed by atoms with Gasteiger partial charge >= 0.3 is 0 Å². The number of hydrogen-bond acceptors (Lipinski definition) is 2. The molecule has 0 aliphatic carbocycles. The van der Waals surface area contributed by atoms with E-state index in [-0.39, 0.29) is 12.0 Å². The van der Waals surface area contributed by atoms with E-state index >= 15 is 0 Å². The van der Waals surface area contributed by atoms with E-state index in [4.69, 9.17) is 4.74 Å². The summed E-state index contributed by atoms with van der Waals surface area (Å²) in [4.78, 5) is 14.1. The maximum absolute atomic E-state index is 12.2. The first-order valence-electron chi connectivity index (χ1n) is 6.01. The van der Waals surface area contributed by atoms with E-state index in [1.165, 1.54) is 11.1 Å². The standard InChI is InChI=1S/C14H19NO2/c1-10-4-5-12(8-11(10)2)14(16)15-7-6-13(9-15)17-3/h4-5,8,13H,6-7,9H2,1-3H3. The van der Waals surface area contributed by atoms with Crippen molar-refractivity contribution in [2.45, 2.75) is 26.4 Å². The molecule has 1 aliphatic rings. The molecule has 1 amide bonds. The van der Waals surface area contributed by atoms with Crippen LogP contribution in [-0.4, -0.2) is 37.1 Å². The normalized spacial score (nSPS) is 19.7. The van der Waals surface area contributed by atoms with E-state index in [0.717, 1.165) is 18.5 Å². The molecule has 1 fully saturated rings. The molecule has 1 unspecified atom stereocenters. The first kappa shape index (κ1) is 12.1. The molecule has 17 heavy (non-hydrogen) atoms. The summed E-state index contributed by atoms with van der Waals surface area (Å²) in [5.74, 6) is 0.118. The molecule has 0 spiro atoms. The molecule has 0 aromatic heterocycles. The Morgan fingerprint density at radius 3 is 2.71 bits per heavy atom. The lowest BCUT2D eigenvalue weighted by atomic mass is 10.1. The lowest BCUT2D eigenvalue weighted by Crippen LogP contribution is -2.30. The average Bonchev–Trinajstić information content (AvgIpc) is 2.80. The minimum absolute atomic E-state index is 0.118.